The average Bonchev–Trinajstić information content (AvgIpc) is 2.46. The number of benzene rings is 2. The number of rotatable bonds is 4. The number of hydrogen-bond acceptors (Lipinski definition) is 1. The fourth-order valence-electron chi connectivity index (χ4n) is 1.89. The predicted octanol–water partition coefficient (Wildman–Crippen LogP) is 7.84. The molecule has 0 bridgehead atoms. The Morgan fingerprint density at radius 2 is 1.48 bits per heavy atom. The van der Waals surface area contributed by atoms with Crippen LogP contribution in [-0.4, -0.2) is 17.4 Å². The van der Waals surface area contributed by atoms with Gasteiger partial charge in [0.15, 0.2) is 0 Å². The van der Waals surface area contributed by atoms with Gasteiger partial charge in [0.1, 0.15) is 11.6 Å². The van der Waals surface area contributed by atoms with E-state index in [1.54, 1.807) is 0 Å². The molecule has 0 nitrogen and oxygen atoms in total. The molecule has 147 valence electrons. The molecule has 2 rings (SSSR count). The van der Waals surface area contributed by atoms with E-state index in [4.69, 9.17) is 0 Å². The van der Waals surface area contributed by atoms with Gasteiger partial charge in [-0.25, -0.2) is 8.78 Å². The quantitative estimate of drug-likeness (QED) is 0.278. The summed E-state index contributed by atoms with van der Waals surface area (Å²) in [6.07, 6.45) is -6.51. The summed E-state index contributed by atoms with van der Waals surface area (Å²) in [6.45, 7) is 0. The lowest BCUT2D eigenvalue weighted by Gasteiger charge is -2.28. The molecule has 0 saturated carbocycles. The minimum absolute atomic E-state index is 0.0748. The summed E-state index contributed by atoms with van der Waals surface area (Å²) < 4.78 is 118. The Morgan fingerprint density at radius 3 is 2.00 bits per heavy atom. The van der Waals surface area contributed by atoms with Crippen LogP contribution < -0.4 is 0 Å². The Balaban J connectivity index is 2.64. The fraction of sp³-hybridized carbons (Fsp3) is 0.200. The van der Waals surface area contributed by atoms with Crippen molar-refractivity contribution in [3.05, 3.63) is 50.9 Å². The first-order chi connectivity index (χ1) is 12.2. The SMILES string of the molecule is Fc1ccc(-c2c(Br)[c]c(Br)cc2SC(F)(F)C(F)(F)C(F)(F)F)c(F)c1. The van der Waals surface area contributed by atoms with Crippen LogP contribution in [0, 0.1) is 17.7 Å². The van der Waals surface area contributed by atoms with Gasteiger partial charge in [-0.15, -0.1) is 0 Å². The van der Waals surface area contributed by atoms with Crippen LogP contribution in [-0.2, 0) is 0 Å². The molecular formula is C15H4Br2F9S. The molecule has 0 saturated heterocycles. The third-order valence-corrected chi connectivity index (χ3v) is 5.19. The van der Waals surface area contributed by atoms with Gasteiger partial charge >= 0.3 is 17.4 Å². The maximum absolute atomic E-state index is 14.0. The second kappa shape index (κ2) is 7.51. The van der Waals surface area contributed by atoms with E-state index < -0.39 is 56.8 Å². The molecule has 0 heterocycles. The largest absolute Gasteiger partial charge is 0.460 e. The van der Waals surface area contributed by atoms with Crippen LogP contribution in [0.4, 0.5) is 39.5 Å². The average molecular weight is 547 g/mol. The molecule has 0 aromatic heterocycles. The Morgan fingerprint density at radius 1 is 0.889 bits per heavy atom. The van der Waals surface area contributed by atoms with Crippen LogP contribution in [0.5, 0.6) is 0 Å². The fourth-order valence-corrected chi connectivity index (χ4v) is 4.52. The van der Waals surface area contributed by atoms with Crippen molar-refractivity contribution >= 4 is 43.6 Å². The monoisotopic (exact) mass is 545 g/mol. The highest BCUT2D eigenvalue weighted by Gasteiger charge is 2.73. The standard InChI is InChI=1S/C15H4Br2F9S/c16-6-3-9(17)12(8-2-1-7(18)5-10(8)19)11(4-6)27-15(25,26)13(20,21)14(22,23)24/h1-2,4-5H. The molecule has 0 aliphatic carbocycles. The van der Waals surface area contributed by atoms with Gasteiger partial charge < -0.3 is 0 Å². The van der Waals surface area contributed by atoms with Crippen molar-refractivity contribution in [2.75, 3.05) is 0 Å². The highest BCUT2D eigenvalue weighted by molar-refractivity contribution is 9.11. The molecule has 0 N–H and O–H groups in total. The summed E-state index contributed by atoms with van der Waals surface area (Å²) in [7, 11) is 0. The minimum atomic E-state index is -6.51. The van der Waals surface area contributed by atoms with Gasteiger partial charge in [0.25, 0.3) is 0 Å². The number of alkyl halides is 7. The lowest BCUT2D eigenvalue weighted by molar-refractivity contribution is -0.330. The summed E-state index contributed by atoms with van der Waals surface area (Å²) in [5.74, 6) is -8.60. The van der Waals surface area contributed by atoms with Crippen LogP contribution in [0.15, 0.2) is 38.1 Å². The molecule has 0 fully saturated rings. The normalized spacial score (nSPS) is 13.1. The number of hydrogen-bond donors (Lipinski definition) is 0. The first kappa shape index (κ1) is 22.4. The van der Waals surface area contributed by atoms with Gasteiger partial charge in [0, 0.05) is 37.1 Å². The van der Waals surface area contributed by atoms with Crippen LogP contribution in [0.25, 0.3) is 11.1 Å². The molecule has 2 aromatic rings. The summed E-state index contributed by atoms with van der Waals surface area (Å²) in [4.78, 5) is -0.813. The first-order valence-corrected chi connectivity index (χ1v) is 8.95. The third kappa shape index (κ3) is 4.42. The molecule has 0 spiro atoms. The van der Waals surface area contributed by atoms with Crippen molar-refractivity contribution in [3.63, 3.8) is 0 Å². The summed E-state index contributed by atoms with van der Waals surface area (Å²) in [5.41, 5.74) is -0.987. The second-order valence-corrected chi connectivity index (χ2v) is 7.79. The lowest BCUT2D eigenvalue weighted by atomic mass is 10.1. The van der Waals surface area contributed by atoms with Crippen molar-refractivity contribution in [1.29, 1.82) is 0 Å². The van der Waals surface area contributed by atoms with E-state index in [2.05, 4.69) is 37.9 Å². The van der Waals surface area contributed by atoms with Crippen molar-refractivity contribution < 1.29 is 39.5 Å². The summed E-state index contributed by atoms with van der Waals surface area (Å²) >= 11 is 4.61. The summed E-state index contributed by atoms with van der Waals surface area (Å²) in [6, 6.07) is 5.25. The predicted molar refractivity (Wildman–Crippen MR) is 87.8 cm³/mol. The number of halogens is 11. The summed E-state index contributed by atoms with van der Waals surface area (Å²) in [5, 5.41) is -5.61. The Kier molecular flexibility index (Phi) is 6.23. The highest BCUT2D eigenvalue weighted by atomic mass is 79.9. The van der Waals surface area contributed by atoms with Crippen LogP contribution in [0.3, 0.4) is 0 Å². The molecule has 0 amide bonds. The van der Waals surface area contributed by atoms with Crippen LogP contribution >= 0.6 is 43.6 Å². The van der Waals surface area contributed by atoms with E-state index in [-0.39, 0.29) is 8.95 Å². The molecule has 27 heavy (non-hydrogen) atoms. The Labute approximate surface area is 167 Å². The van der Waals surface area contributed by atoms with Gasteiger partial charge in [-0.2, -0.15) is 30.7 Å². The van der Waals surface area contributed by atoms with Crippen molar-refractivity contribution in [2.24, 2.45) is 0 Å². The lowest BCUT2D eigenvalue weighted by Crippen LogP contribution is -2.49. The zero-order chi connectivity index (χ0) is 20.8. The van der Waals surface area contributed by atoms with E-state index in [0.29, 0.717) is 6.07 Å². The van der Waals surface area contributed by atoms with Crippen molar-refractivity contribution in [1.82, 2.24) is 0 Å². The topological polar surface area (TPSA) is 0 Å². The molecule has 1 radical (unpaired) electrons. The zero-order valence-electron chi connectivity index (χ0n) is 12.4. The molecule has 12 heteroatoms. The van der Waals surface area contributed by atoms with Gasteiger partial charge in [-0.3, -0.25) is 0 Å². The van der Waals surface area contributed by atoms with Gasteiger partial charge in [-0.1, -0.05) is 15.9 Å². The second-order valence-electron chi connectivity index (χ2n) is 4.99. The van der Waals surface area contributed by atoms with E-state index >= 15 is 0 Å². The molecule has 0 atom stereocenters. The van der Waals surface area contributed by atoms with Crippen molar-refractivity contribution in [3.8, 4) is 11.1 Å². The maximum Gasteiger partial charge on any atom is 0.460 e. The van der Waals surface area contributed by atoms with Crippen LogP contribution in [0.2, 0.25) is 0 Å². The Bertz CT molecular complexity index is 865. The van der Waals surface area contributed by atoms with E-state index in [9.17, 15) is 39.5 Å². The van der Waals surface area contributed by atoms with E-state index in [0.717, 1.165) is 18.2 Å². The minimum Gasteiger partial charge on any atom is -0.207 e. The Hall–Kier alpha value is -0.880. The number of thioether (sulfide) groups is 1. The van der Waals surface area contributed by atoms with E-state index in [1.165, 1.54) is 0 Å². The molecule has 0 aliphatic heterocycles. The van der Waals surface area contributed by atoms with Gasteiger partial charge in [0.2, 0.25) is 0 Å². The highest BCUT2D eigenvalue weighted by Crippen LogP contribution is 2.56. The molecule has 0 unspecified atom stereocenters. The smallest absolute Gasteiger partial charge is 0.207 e. The zero-order valence-corrected chi connectivity index (χ0v) is 16.4. The first-order valence-electron chi connectivity index (χ1n) is 6.55. The molecule has 2 aromatic carbocycles. The van der Waals surface area contributed by atoms with Crippen molar-refractivity contribution in [2.45, 2.75) is 22.2 Å². The van der Waals surface area contributed by atoms with Gasteiger partial charge in [-0.05, 0) is 45.9 Å². The van der Waals surface area contributed by atoms with Gasteiger partial charge in [0.05, 0.1) is 0 Å². The molecular weight excluding hydrogens is 543 g/mol. The van der Waals surface area contributed by atoms with Crippen LogP contribution in [0.1, 0.15) is 0 Å². The third-order valence-electron chi connectivity index (χ3n) is 3.11. The molecule has 0 aliphatic rings. The van der Waals surface area contributed by atoms with E-state index in [1.807, 2.05) is 0 Å². The maximum atomic E-state index is 14.0.